The van der Waals surface area contributed by atoms with Gasteiger partial charge in [-0.1, -0.05) is 6.92 Å². The molecule has 0 spiro atoms. The molecule has 2 N–H and O–H groups in total. The molecular formula is C12H24N2S. The van der Waals surface area contributed by atoms with Gasteiger partial charge in [-0.05, 0) is 43.9 Å². The fourth-order valence-electron chi connectivity index (χ4n) is 3.00. The molecule has 2 aliphatic rings. The lowest BCUT2D eigenvalue weighted by Gasteiger charge is -2.48. The van der Waals surface area contributed by atoms with E-state index in [9.17, 15) is 0 Å². The minimum absolute atomic E-state index is 0.345. The lowest BCUT2D eigenvalue weighted by Crippen LogP contribution is -2.59. The summed E-state index contributed by atoms with van der Waals surface area (Å²) < 4.78 is 0. The molecule has 0 aromatic rings. The maximum absolute atomic E-state index is 6.06. The standard InChI is InChI=1S/C12H24N2S/c1-11-4-2-6-14(8-11)12(9-13)5-3-7-15-10-12/h11H,2-10,13H2,1H3. The van der Waals surface area contributed by atoms with Crippen LogP contribution in [0.4, 0.5) is 0 Å². The van der Waals surface area contributed by atoms with E-state index in [4.69, 9.17) is 5.73 Å². The van der Waals surface area contributed by atoms with Crippen molar-refractivity contribution in [2.75, 3.05) is 31.1 Å². The number of thioether (sulfide) groups is 1. The smallest absolute Gasteiger partial charge is 0.0422 e. The van der Waals surface area contributed by atoms with Crippen LogP contribution in [-0.2, 0) is 0 Å². The molecule has 15 heavy (non-hydrogen) atoms. The number of rotatable bonds is 2. The summed E-state index contributed by atoms with van der Waals surface area (Å²) in [5.41, 5.74) is 6.40. The first-order valence-electron chi connectivity index (χ1n) is 6.30. The Morgan fingerprint density at radius 1 is 1.47 bits per heavy atom. The molecule has 2 aliphatic heterocycles. The molecule has 0 radical (unpaired) electrons. The normalized spacial score (nSPS) is 39.2. The van der Waals surface area contributed by atoms with Crippen LogP contribution in [0, 0.1) is 5.92 Å². The number of piperidine rings is 1. The van der Waals surface area contributed by atoms with Crippen LogP contribution in [0.3, 0.4) is 0 Å². The lowest BCUT2D eigenvalue weighted by atomic mass is 9.88. The van der Waals surface area contributed by atoms with Gasteiger partial charge in [0.05, 0.1) is 0 Å². The Morgan fingerprint density at radius 2 is 2.33 bits per heavy atom. The third kappa shape index (κ3) is 2.51. The van der Waals surface area contributed by atoms with Crippen LogP contribution in [0.25, 0.3) is 0 Å². The Morgan fingerprint density at radius 3 is 2.93 bits per heavy atom. The Hall–Kier alpha value is 0.270. The van der Waals surface area contributed by atoms with E-state index in [1.54, 1.807) is 0 Å². The number of hydrogen-bond acceptors (Lipinski definition) is 3. The zero-order chi connectivity index (χ0) is 10.7. The Labute approximate surface area is 98.0 Å². The van der Waals surface area contributed by atoms with Crippen LogP contribution < -0.4 is 5.73 Å². The van der Waals surface area contributed by atoms with Gasteiger partial charge in [0.25, 0.3) is 0 Å². The highest BCUT2D eigenvalue weighted by atomic mass is 32.2. The largest absolute Gasteiger partial charge is 0.329 e. The van der Waals surface area contributed by atoms with Gasteiger partial charge < -0.3 is 5.73 Å². The van der Waals surface area contributed by atoms with E-state index in [-0.39, 0.29) is 0 Å². The van der Waals surface area contributed by atoms with E-state index in [0.717, 1.165) is 12.5 Å². The average molecular weight is 228 g/mol. The summed E-state index contributed by atoms with van der Waals surface area (Å²) in [6, 6.07) is 0. The SMILES string of the molecule is CC1CCCN(C2(CN)CCCSC2)C1. The highest BCUT2D eigenvalue weighted by Gasteiger charge is 2.38. The molecule has 2 heterocycles. The molecule has 0 saturated carbocycles. The summed E-state index contributed by atoms with van der Waals surface area (Å²) in [6.45, 7) is 5.79. The predicted octanol–water partition coefficient (Wildman–Crippen LogP) is 1.94. The second-order valence-corrected chi connectivity index (χ2v) is 6.38. The van der Waals surface area contributed by atoms with Crippen LogP contribution in [-0.4, -0.2) is 41.6 Å². The highest BCUT2D eigenvalue weighted by molar-refractivity contribution is 7.99. The van der Waals surface area contributed by atoms with Gasteiger partial charge in [0, 0.05) is 24.4 Å². The molecule has 0 aliphatic carbocycles. The van der Waals surface area contributed by atoms with Crippen LogP contribution in [0.5, 0.6) is 0 Å². The number of hydrogen-bond donors (Lipinski definition) is 1. The molecule has 2 rings (SSSR count). The highest BCUT2D eigenvalue weighted by Crippen LogP contribution is 2.34. The first-order chi connectivity index (χ1) is 7.27. The third-order valence-corrected chi connectivity index (χ3v) is 5.33. The van der Waals surface area contributed by atoms with E-state index in [1.165, 1.54) is 50.3 Å². The molecular weight excluding hydrogens is 204 g/mol. The van der Waals surface area contributed by atoms with Crippen molar-refractivity contribution in [3.63, 3.8) is 0 Å². The maximum Gasteiger partial charge on any atom is 0.0422 e. The van der Waals surface area contributed by atoms with Crippen LogP contribution in [0.15, 0.2) is 0 Å². The van der Waals surface area contributed by atoms with E-state index in [2.05, 4.69) is 23.6 Å². The lowest BCUT2D eigenvalue weighted by molar-refractivity contribution is 0.0589. The maximum atomic E-state index is 6.06. The van der Waals surface area contributed by atoms with Gasteiger partial charge in [0.1, 0.15) is 0 Å². The fraction of sp³-hybridized carbons (Fsp3) is 1.00. The van der Waals surface area contributed by atoms with Crippen molar-refractivity contribution in [2.45, 2.75) is 38.1 Å². The van der Waals surface area contributed by atoms with Crippen molar-refractivity contribution >= 4 is 11.8 Å². The Bertz CT molecular complexity index is 202. The summed E-state index contributed by atoms with van der Waals surface area (Å²) in [5.74, 6) is 3.47. The average Bonchev–Trinajstić information content (AvgIpc) is 2.30. The molecule has 88 valence electrons. The van der Waals surface area contributed by atoms with Crippen molar-refractivity contribution in [1.29, 1.82) is 0 Å². The van der Waals surface area contributed by atoms with Gasteiger partial charge in [-0.25, -0.2) is 0 Å². The minimum Gasteiger partial charge on any atom is -0.329 e. The van der Waals surface area contributed by atoms with Crippen molar-refractivity contribution < 1.29 is 0 Å². The molecule has 0 amide bonds. The minimum atomic E-state index is 0.345. The first kappa shape index (κ1) is 11.7. The number of nitrogens with zero attached hydrogens (tertiary/aromatic N) is 1. The molecule has 0 aromatic carbocycles. The predicted molar refractivity (Wildman–Crippen MR) is 68.3 cm³/mol. The van der Waals surface area contributed by atoms with E-state index in [0.29, 0.717) is 5.54 Å². The second-order valence-electron chi connectivity index (χ2n) is 5.28. The van der Waals surface area contributed by atoms with Gasteiger partial charge in [0.15, 0.2) is 0 Å². The van der Waals surface area contributed by atoms with Gasteiger partial charge in [-0.15, -0.1) is 0 Å². The molecule has 3 heteroatoms. The van der Waals surface area contributed by atoms with Gasteiger partial charge >= 0.3 is 0 Å². The summed E-state index contributed by atoms with van der Waals surface area (Å²) in [6.07, 6.45) is 5.45. The van der Waals surface area contributed by atoms with Crippen molar-refractivity contribution in [3.05, 3.63) is 0 Å². The summed E-state index contributed by atoms with van der Waals surface area (Å²) in [5, 5.41) is 0. The first-order valence-corrected chi connectivity index (χ1v) is 7.45. The van der Waals surface area contributed by atoms with Gasteiger partial charge in [-0.3, -0.25) is 4.90 Å². The number of likely N-dealkylation sites (tertiary alicyclic amines) is 1. The van der Waals surface area contributed by atoms with Crippen molar-refractivity contribution in [2.24, 2.45) is 11.7 Å². The van der Waals surface area contributed by atoms with Crippen LogP contribution in [0.2, 0.25) is 0 Å². The second kappa shape index (κ2) is 5.07. The quantitative estimate of drug-likeness (QED) is 0.783. The zero-order valence-corrected chi connectivity index (χ0v) is 10.7. The topological polar surface area (TPSA) is 29.3 Å². The molecule has 2 unspecified atom stereocenters. The third-order valence-electron chi connectivity index (χ3n) is 4.01. The fourth-order valence-corrected chi connectivity index (χ4v) is 4.31. The van der Waals surface area contributed by atoms with Gasteiger partial charge in [0.2, 0.25) is 0 Å². The van der Waals surface area contributed by atoms with Gasteiger partial charge in [-0.2, -0.15) is 11.8 Å². The number of nitrogens with two attached hydrogens (primary N) is 1. The Kier molecular flexibility index (Phi) is 3.97. The molecule has 2 nitrogen and oxygen atoms in total. The van der Waals surface area contributed by atoms with Crippen molar-refractivity contribution in [1.82, 2.24) is 4.90 Å². The van der Waals surface area contributed by atoms with Crippen LogP contribution in [0.1, 0.15) is 32.6 Å². The monoisotopic (exact) mass is 228 g/mol. The van der Waals surface area contributed by atoms with Crippen molar-refractivity contribution in [3.8, 4) is 0 Å². The van der Waals surface area contributed by atoms with E-state index in [1.807, 2.05) is 0 Å². The molecule has 0 bridgehead atoms. The molecule has 2 saturated heterocycles. The van der Waals surface area contributed by atoms with E-state index >= 15 is 0 Å². The van der Waals surface area contributed by atoms with E-state index < -0.39 is 0 Å². The summed E-state index contributed by atoms with van der Waals surface area (Å²) in [4.78, 5) is 2.70. The summed E-state index contributed by atoms with van der Waals surface area (Å²) >= 11 is 2.10. The van der Waals surface area contributed by atoms with Crippen LogP contribution >= 0.6 is 11.8 Å². The summed E-state index contributed by atoms with van der Waals surface area (Å²) in [7, 11) is 0. The molecule has 0 aromatic heterocycles. The molecule has 2 atom stereocenters. The molecule has 2 fully saturated rings. The Balaban J connectivity index is 2.03. The zero-order valence-electron chi connectivity index (χ0n) is 9.87.